The Kier molecular flexibility index (Phi) is 4.60. The van der Waals surface area contributed by atoms with Gasteiger partial charge in [-0.25, -0.2) is 4.98 Å². The molecule has 0 radical (unpaired) electrons. The van der Waals surface area contributed by atoms with Gasteiger partial charge in [-0.1, -0.05) is 30.3 Å². The Morgan fingerprint density at radius 3 is 2.86 bits per heavy atom. The van der Waals surface area contributed by atoms with E-state index >= 15 is 0 Å². The summed E-state index contributed by atoms with van der Waals surface area (Å²) in [6.07, 6.45) is 0.264. The van der Waals surface area contributed by atoms with Crippen LogP contribution >= 0.6 is 11.3 Å². The van der Waals surface area contributed by atoms with Gasteiger partial charge in [0.05, 0.1) is 24.8 Å². The summed E-state index contributed by atoms with van der Waals surface area (Å²) in [6.45, 7) is 1.36. The second-order valence-electron chi connectivity index (χ2n) is 5.09. The summed E-state index contributed by atoms with van der Waals surface area (Å²) in [4.78, 5) is 30.6. The molecule has 3 rings (SSSR count). The van der Waals surface area contributed by atoms with Crippen molar-refractivity contribution in [2.75, 3.05) is 19.8 Å². The molecule has 0 spiro atoms. The third-order valence-corrected chi connectivity index (χ3v) is 4.24. The van der Waals surface area contributed by atoms with Gasteiger partial charge in [0.2, 0.25) is 0 Å². The minimum atomic E-state index is -0.240. The average Bonchev–Trinajstić information content (AvgIpc) is 3.10. The normalized spacial score (nSPS) is 18.2. The summed E-state index contributed by atoms with van der Waals surface area (Å²) >= 11 is 1.39. The number of carbonyl (C=O) groups excluding carboxylic acids is 2. The molecular formula is C16H16N2O3S. The molecule has 22 heavy (non-hydrogen) atoms. The van der Waals surface area contributed by atoms with Gasteiger partial charge in [-0.3, -0.25) is 9.59 Å². The molecule has 1 aliphatic heterocycles. The van der Waals surface area contributed by atoms with Crippen molar-refractivity contribution in [1.82, 2.24) is 9.88 Å². The molecule has 2 heterocycles. The van der Waals surface area contributed by atoms with E-state index in [0.29, 0.717) is 31.0 Å². The summed E-state index contributed by atoms with van der Waals surface area (Å²) in [5, 5.41) is 1.73. The minimum absolute atomic E-state index is 0.0205. The summed E-state index contributed by atoms with van der Waals surface area (Å²) in [5.41, 5.74) is 2.73. The minimum Gasteiger partial charge on any atom is -0.377 e. The monoisotopic (exact) mass is 316 g/mol. The molecule has 114 valence electrons. The topological polar surface area (TPSA) is 59.5 Å². The maximum Gasteiger partial charge on any atom is 0.273 e. The zero-order valence-corrected chi connectivity index (χ0v) is 12.8. The molecule has 1 aliphatic rings. The van der Waals surface area contributed by atoms with Crippen molar-refractivity contribution in [2.24, 2.45) is 0 Å². The molecule has 5 nitrogen and oxygen atoms in total. The Balaban J connectivity index is 1.73. The first-order valence-electron chi connectivity index (χ1n) is 7.11. The largest absolute Gasteiger partial charge is 0.377 e. The second-order valence-corrected chi connectivity index (χ2v) is 5.81. The SMILES string of the molecule is O=C(C[C@H]1COCCN1C(=O)c1cscn1)c1ccccc1. The Morgan fingerprint density at radius 2 is 2.14 bits per heavy atom. The van der Waals surface area contributed by atoms with Crippen LogP contribution in [0.15, 0.2) is 41.2 Å². The van der Waals surface area contributed by atoms with Crippen LogP contribution in [0, 0.1) is 0 Å². The van der Waals surface area contributed by atoms with Crippen LogP contribution in [-0.4, -0.2) is 47.4 Å². The molecule has 1 fully saturated rings. The molecule has 1 amide bonds. The highest BCUT2D eigenvalue weighted by Gasteiger charge is 2.30. The zero-order chi connectivity index (χ0) is 15.4. The van der Waals surface area contributed by atoms with E-state index in [0.717, 1.165) is 0 Å². The van der Waals surface area contributed by atoms with Gasteiger partial charge in [0.1, 0.15) is 5.69 Å². The molecule has 0 unspecified atom stereocenters. The molecule has 1 aromatic heterocycles. The fourth-order valence-corrected chi connectivity index (χ4v) is 3.04. The van der Waals surface area contributed by atoms with Crippen molar-refractivity contribution >= 4 is 23.0 Å². The van der Waals surface area contributed by atoms with E-state index < -0.39 is 0 Å². The van der Waals surface area contributed by atoms with E-state index in [1.807, 2.05) is 18.2 Å². The lowest BCUT2D eigenvalue weighted by Crippen LogP contribution is -2.49. The van der Waals surface area contributed by atoms with E-state index in [1.54, 1.807) is 27.9 Å². The summed E-state index contributed by atoms with van der Waals surface area (Å²) in [5.74, 6) is -0.109. The van der Waals surface area contributed by atoms with Gasteiger partial charge in [0, 0.05) is 23.9 Å². The van der Waals surface area contributed by atoms with Crippen LogP contribution in [0.3, 0.4) is 0 Å². The van der Waals surface area contributed by atoms with Crippen LogP contribution < -0.4 is 0 Å². The lowest BCUT2D eigenvalue weighted by molar-refractivity contribution is -0.00306. The van der Waals surface area contributed by atoms with E-state index in [2.05, 4.69) is 4.98 Å². The van der Waals surface area contributed by atoms with E-state index in [4.69, 9.17) is 4.74 Å². The fraction of sp³-hybridized carbons (Fsp3) is 0.312. The highest BCUT2D eigenvalue weighted by atomic mass is 32.1. The van der Waals surface area contributed by atoms with Crippen LogP contribution in [0.25, 0.3) is 0 Å². The maximum absolute atomic E-state index is 12.5. The molecule has 1 saturated heterocycles. The van der Waals surface area contributed by atoms with Gasteiger partial charge in [0.25, 0.3) is 5.91 Å². The number of morpholine rings is 1. The van der Waals surface area contributed by atoms with Gasteiger partial charge in [-0.05, 0) is 0 Å². The predicted octanol–water partition coefficient (Wildman–Crippen LogP) is 2.26. The third kappa shape index (κ3) is 3.23. The Labute approximate surface area is 132 Å². The molecule has 0 saturated carbocycles. The first-order valence-corrected chi connectivity index (χ1v) is 8.05. The van der Waals surface area contributed by atoms with Gasteiger partial charge in [0.15, 0.2) is 5.78 Å². The molecule has 1 atom stereocenters. The van der Waals surface area contributed by atoms with E-state index in [9.17, 15) is 9.59 Å². The number of Topliss-reactive ketones (excluding diaryl/α,β-unsaturated/α-hetero) is 1. The van der Waals surface area contributed by atoms with Gasteiger partial charge in [-0.15, -0.1) is 11.3 Å². The van der Waals surface area contributed by atoms with Crippen molar-refractivity contribution in [3.63, 3.8) is 0 Å². The Hall–Kier alpha value is -2.05. The zero-order valence-electron chi connectivity index (χ0n) is 12.0. The van der Waals surface area contributed by atoms with Crippen molar-refractivity contribution in [2.45, 2.75) is 12.5 Å². The number of amides is 1. The number of ether oxygens (including phenoxy) is 1. The van der Waals surface area contributed by atoms with Gasteiger partial charge >= 0.3 is 0 Å². The van der Waals surface area contributed by atoms with Crippen LogP contribution in [0.2, 0.25) is 0 Å². The molecule has 6 heteroatoms. The quantitative estimate of drug-likeness (QED) is 0.812. The van der Waals surface area contributed by atoms with Crippen LogP contribution in [-0.2, 0) is 4.74 Å². The number of benzene rings is 1. The Morgan fingerprint density at radius 1 is 1.32 bits per heavy atom. The van der Waals surface area contributed by atoms with Gasteiger partial charge < -0.3 is 9.64 Å². The molecule has 0 bridgehead atoms. The number of rotatable bonds is 4. The standard InChI is InChI=1S/C16H16N2O3S/c19-15(12-4-2-1-3-5-12)8-13-9-21-7-6-18(13)16(20)14-10-22-11-17-14/h1-5,10-11,13H,6-9H2/t13-/m0/s1. The average molecular weight is 316 g/mol. The predicted molar refractivity (Wildman–Crippen MR) is 83.1 cm³/mol. The van der Waals surface area contributed by atoms with Crippen molar-refractivity contribution < 1.29 is 14.3 Å². The summed E-state index contributed by atoms with van der Waals surface area (Å²) in [6, 6.07) is 8.89. The van der Waals surface area contributed by atoms with Crippen molar-refractivity contribution in [1.29, 1.82) is 0 Å². The van der Waals surface area contributed by atoms with Gasteiger partial charge in [-0.2, -0.15) is 0 Å². The molecule has 1 aromatic carbocycles. The number of ketones is 1. The summed E-state index contributed by atoms with van der Waals surface area (Å²) < 4.78 is 5.45. The second kappa shape index (κ2) is 6.81. The molecule has 2 aromatic rings. The number of hydrogen-bond acceptors (Lipinski definition) is 5. The lowest BCUT2D eigenvalue weighted by atomic mass is 10.0. The number of hydrogen-bond donors (Lipinski definition) is 0. The molecule has 0 N–H and O–H groups in total. The third-order valence-electron chi connectivity index (χ3n) is 3.66. The van der Waals surface area contributed by atoms with Crippen molar-refractivity contribution in [3.8, 4) is 0 Å². The molecule has 0 aliphatic carbocycles. The smallest absolute Gasteiger partial charge is 0.273 e. The first-order chi connectivity index (χ1) is 10.8. The van der Waals surface area contributed by atoms with Crippen LogP contribution in [0.5, 0.6) is 0 Å². The Bertz CT molecular complexity index is 643. The first kappa shape index (κ1) is 14.9. The lowest BCUT2D eigenvalue weighted by Gasteiger charge is -2.34. The highest BCUT2D eigenvalue weighted by Crippen LogP contribution is 2.17. The van der Waals surface area contributed by atoms with E-state index in [-0.39, 0.29) is 24.2 Å². The maximum atomic E-state index is 12.5. The van der Waals surface area contributed by atoms with E-state index in [1.165, 1.54) is 11.3 Å². The van der Waals surface area contributed by atoms with Crippen molar-refractivity contribution in [3.05, 3.63) is 52.5 Å². The number of aromatic nitrogens is 1. The highest BCUT2D eigenvalue weighted by molar-refractivity contribution is 7.07. The number of thiazole rings is 1. The number of nitrogens with zero attached hydrogens (tertiary/aromatic N) is 2. The molecular weight excluding hydrogens is 300 g/mol. The van der Waals surface area contributed by atoms with Crippen LogP contribution in [0.4, 0.5) is 0 Å². The summed E-state index contributed by atoms with van der Waals surface area (Å²) in [7, 11) is 0. The number of carbonyl (C=O) groups is 2. The fourth-order valence-electron chi connectivity index (χ4n) is 2.51. The van der Waals surface area contributed by atoms with Crippen LogP contribution in [0.1, 0.15) is 27.3 Å².